The Balaban J connectivity index is 1.66. The van der Waals surface area contributed by atoms with Crippen LogP contribution in [0.25, 0.3) is 0 Å². The van der Waals surface area contributed by atoms with E-state index in [9.17, 15) is 14.4 Å². The molecule has 1 saturated heterocycles. The van der Waals surface area contributed by atoms with Gasteiger partial charge in [-0.3, -0.25) is 14.4 Å². The van der Waals surface area contributed by atoms with Gasteiger partial charge in [-0.2, -0.15) is 0 Å². The summed E-state index contributed by atoms with van der Waals surface area (Å²) in [5, 5.41) is 9.05. The van der Waals surface area contributed by atoms with Crippen molar-refractivity contribution in [2.45, 2.75) is 57.9 Å². The fourth-order valence-electron chi connectivity index (χ4n) is 3.99. The van der Waals surface area contributed by atoms with Crippen molar-refractivity contribution in [2.75, 3.05) is 19.6 Å². The normalized spacial score (nSPS) is 20.2. The molecule has 3 rings (SSSR count). The molecule has 142 valence electrons. The third kappa shape index (κ3) is 4.26. The van der Waals surface area contributed by atoms with E-state index in [1.807, 2.05) is 4.90 Å². The van der Waals surface area contributed by atoms with Gasteiger partial charge in [-0.1, -0.05) is 0 Å². The Morgan fingerprint density at radius 1 is 1.19 bits per heavy atom. The number of thiophene rings is 1. The first-order chi connectivity index (χ1) is 12.5. The molecule has 7 heteroatoms. The van der Waals surface area contributed by atoms with Gasteiger partial charge in [0.1, 0.15) is 6.54 Å². The largest absolute Gasteiger partial charge is 0.480 e. The second kappa shape index (κ2) is 8.20. The van der Waals surface area contributed by atoms with E-state index in [2.05, 4.69) is 6.07 Å². The zero-order valence-electron chi connectivity index (χ0n) is 15.2. The zero-order valence-corrected chi connectivity index (χ0v) is 16.0. The maximum Gasteiger partial charge on any atom is 0.323 e. The van der Waals surface area contributed by atoms with Gasteiger partial charge in [0.2, 0.25) is 5.91 Å². The van der Waals surface area contributed by atoms with Gasteiger partial charge in [-0.05, 0) is 56.6 Å². The number of carboxylic acids is 1. The topological polar surface area (TPSA) is 77.9 Å². The molecule has 1 aliphatic carbocycles. The Kier molecular flexibility index (Phi) is 5.96. The standard InChI is InChI=1S/C19H26N2O4S/c1-13(22)21(12-18(23)24)15-6-4-9-20(10-8-15)19(25)17-11-14-5-2-3-7-16(14)26-17/h11,15H,2-10,12H2,1H3,(H,23,24). The Labute approximate surface area is 157 Å². The highest BCUT2D eigenvalue weighted by Gasteiger charge is 2.29. The molecular weight excluding hydrogens is 352 g/mol. The molecule has 2 amide bonds. The first-order valence-corrected chi connectivity index (χ1v) is 10.2. The second-order valence-electron chi connectivity index (χ2n) is 7.18. The highest BCUT2D eigenvalue weighted by Crippen LogP contribution is 2.31. The highest BCUT2D eigenvalue weighted by atomic mass is 32.1. The minimum absolute atomic E-state index is 0.0812. The molecule has 6 nitrogen and oxygen atoms in total. The molecule has 0 spiro atoms. The summed E-state index contributed by atoms with van der Waals surface area (Å²) < 4.78 is 0. The maximum absolute atomic E-state index is 12.9. The van der Waals surface area contributed by atoms with Gasteiger partial charge in [0, 0.05) is 30.9 Å². The number of hydrogen-bond donors (Lipinski definition) is 1. The summed E-state index contributed by atoms with van der Waals surface area (Å²) in [4.78, 5) is 41.3. The SMILES string of the molecule is CC(=O)N(CC(=O)O)C1CCCN(C(=O)c2cc3c(s2)CCCC3)CC1. The Morgan fingerprint density at radius 2 is 1.96 bits per heavy atom. The van der Waals surface area contributed by atoms with E-state index in [0.717, 1.165) is 30.6 Å². The molecule has 1 aromatic rings. The van der Waals surface area contributed by atoms with Gasteiger partial charge in [0.25, 0.3) is 5.91 Å². The summed E-state index contributed by atoms with van der Waals surface area (Å²) in [5.41, 5.74) is 1.33. The van der Waals surface area contributed by atoms with Crippen LogP contribution < -0.4 is 0 Å². The van der Waals surface area contributed by atoms with Crippen molar-refractivity contribution in [1.82, 2.24) is 9.80 Å². The summed E-state index contributed by atoms with van der Waals surface area (Å²) in [6, 6.07) is 1.95. The molecule has 1 unspecified atom stereocenters. The number of likely N-dealkylation sites (tertiary alicyclic amines) is 1. The molecular formula is C19H26N2O4S. The number of hydrogen-bond acceptors (Lipinski definition) is 4. The lowest BCUT2D eigenvalue weighted by atomic mass is 9.99. The van der Waals surface area contributed by atoms with Gasteiger partial charge < -0.3 is 14.9 Å². The number of carboxylic acid groups (broad SMARTS) is 1. The fourth-order valence-corrected chi connectivity index (χ4v) is 5.21. The number of aliphatic carboxylic acids is 1. The number of rotatable bonds is 4. The smallest absolute Gasteiger partial charge is 0.323 e. The average molecular weight is 378 g/mol. The molecule has 0 bridgehead atoms. The molecule has 26 heavy (non-hydrogen) atoms. The van der Waals surface area contributed by atoms with Crippen molar-refractivity contribution in [3.63, 3.8) is 0 Å². The quantitative estimate of drug-likeness (QED) is 0.873. The lowest BCUT2D eigenvalue weighted by Crippen LogP contribution is -2.43. The van der Waals surface area contributed by atoms with E-state index in [1.54, 1.807) is 11.3 Å². The van der Waals surface area contributed by atoms with E-state index in [0.29, 0.717) is 19.5 Å². The molecule has 0 aromatic carbocycles. The van der Waals surface area contributed by atoms with Crippen LogP contribution in [-0.4, -0.2) is 58.4 Å². The van der Waals surface area contributed by atoms with Crippen LogP contribution in [0.3, 0.4) is 0 Å². The number of carbonyl (C=O) groups excluding carboxylic acids is 2. The molecule has 1 aliphatic heterocycles. The van der Waals surface area contributed by atoms with Crippen LogP contribution >= 0.6 is 11.3 Å². The van der Waals surface area contributed by atoms with Crippen LogP contribution in [0.4, 0.5) is 0 Å². The van der Waals surface area contributed by atoms with E-state index in [4.69, 9.17) is 5.11 Å². The first kappa shape index (κ1) is 18.9. The van der Waals surface area contributed by atoms with Gasteiger partial charge in [-0.25, -0.2) is 0 Å². The van der Waals surface area contributed by atoms with Gasteiger partial charge in [0.15, 0.2) is 0 Å². The van der Waals surface area contributed by atoms with Crippen molar-refractivity contribution in [3.05, 3.63) is 21.4 Å². The fraction of sp³-hybridized carbons (Fsp3) is 0.632. The number of fused-ring (bicyclic) bond motifs is 1. The predicted molar refractivity (Wildman–Crippen MR) is 99.5 cm³/mol. The lowest BCUT2D eigenvalue weighted by molar-refractivity contribution is -0.145. The number of carbonyl (C=O) groups is 3. The third-order valence-corrected chi connectivity index (χ3v) is 6.57. The van der Waals surface area contributed by atoms with Crippen LogP contribution in [0, 0.1) is 0 Å². The van der Waals surface area contributed by atoms with Gasteiger partial charge in [0.05, 0.1) is 4.88 Å². The Morgan fingerprint density at radius 3 is 2.65 bits per heavy atom. The third-order valence-electron chi connectivity index (χ3n) is 5.34. The van der Waals surface area contributed by atoms with E-state index in [-0.39, 0.29) is 24.4 Å². The molecule has 1 N–H and O–H groups in total. The zero-order chi connectivity index (χ0) is 18.7. The monoisotopic (exact) mass is 378 g/mol. The Hall–Kier alpha value is -1.89. The number of aryl methyl sites for hydroxylation is 2. The van der Waals surface area contributed by atoms with Crippen molar-refractivity contribution in [3.8, 4) is 0 Å². The molecule has 0 saturated carbocycles. The molecule has 1 fully saturated rings. The van der Waals surface area contributed by atoms with Crippen molar-refractivity contribution in [2.24, 2.45) is 0 Å². The first-order valence-electron chi connectivity index (χ1n) is 9.35. The van der Waals surface area contributed by atoms with Crippen LogP contribution in [0.5, 0.6) is 0 Å². The van der Waals surface area contributed by atoms with Crippen molar-refractivity contribution < 1.29 is 19.5 Å². The van der Waals surface area contributed by atoms with Crippen LogP contribution in [0.15, 0.2) is 6.07 Å². The Bertz CT molecular complexity index is 676. The number of amides is 2. The second-order valence-corrected chi connectivity index (χ2v) is 8.32. The van der Waals surface area contributed by atoms with Crippen LogP contribution in [-0.2, 0) is 22.4 Å². The minimum Gasteiger partial charge on any atom is -0.480 e. The average Bonchev–Trinajstić information content (AvgIpc) is 2.89. The minimum atomic E-state index is -0.999. The van der Waals surface area contributed by atoms with E-state index in [1.165, 1.54) is 35.1 Å². The molecule has 2 heterocycles. The predicted octanol–water partition coefficient (Wildman–Crippen LogP) is 2.55. The highest BCUT2D eigenvalue weighted by molar-refractivity contribution is 7.14. The number of nitrogens with zero attached hydrogens (tertiary/aromatic N) is 2. The van der Waals surface area contributed by atoms with Gasteiger partial charge >= 0.3 is 5.97 Å². The lowest BCUT2D eigenvalue weighted by Gasteiger charge is -2.28. The molecule has 0 radical (unpaired) electrons. The molecule has 2 aliphatic rings. The van der Waals surface area contributed by atoms with Gasteiger partial charge in [-0.15, -0.1) is 11.3 Å². The van der Waals surface area contributed by atoms with E-state index >= 15 is 0 Å². The summed E-state index contributed by atoms with van der Waals surface area (Å²) in [5.74, 6) is -1.14. The van der Waals surface area contributed by atoms with Crippen molar-refractivity contribution in [1.29, 1.82) is 0 Å². The van der Waals surface area contributed by atoms with Crippen LogP contribution in [0.2, 0.25) is 0 Å². The summed E-state index contributed by atoms with van der Waals surface area (Å²) in [6.45, 7) is 2.37. The van der Waals surface area contributed by atoms with Crippen molar-refractivity contribution >= 4 is 29.1 Å². The maximum atomic E-state index is 12.9. The molecule has 1 atom stereocenters. The summed E-state index contributed by atoms with van der Waals surface area (Å²) in [6.07, 6.45) is 6.71. The molecule has 1 aromatic heterocycles. The summed E-state index contributed by atoms with van der Waals surface area (Å²) in [7, 11) is 0. The summed E-state index contributed by atoms with van der Waals surface area (Å²) >= 11 is 1.63. The van der Waals surface area contributed by atoms with E-state index < -0.39 is 5.97 Å². The van der Waals surface area contributed by atoms with Crippen LogP contribution in [0.1, 0.15) is 59.1 Å².